The van der Waals surface area contributed by atoms with Gasteiger partial charge in [0.15, 0.2) is 18.2 Å². The Morgan fingerprint density at radius 1 is 1.60 bits per heavy atom. The van der Waals surface area contributed by atoms with E-state index >= 15 is 0 Å². The van der Waals surface area contributed by atoms with Crippen LogP contribution in [0.3, 0.4) is 0 Å². The standard InChI is InChI=1S/C10H15N3O2/c1-3-12-9(14)6-15-8-5-4-7(2)13-10(8)11/h4-5H,3,6H2,1-2H3,(H2,11,13)(H,12,14). The van der Waals surface area contributed by atoms with E-state index in [-0.39, 0.29) is 12.5 Å². The largest absolute Gasteiger partial charge is 0.480 e. The summed E-state index contributed by atoms with van der Waals surface area (Å²) in [5.74, 6) is 0.573. The molecule has 0 saturated heterocycles. The minimum Gasteiger partial charge on any atom is -0.480 e. The van der Waals surface area contributed by atoms with Crippen molar-refractivity contribution in [1.29, 1.82) is 0 Å². The molecule has 0 atom stereocenters. The van der Waals surface area contributed by atoms with Crippen molar-refractivity contribution in [2.24, 2.45) is 0 Å². The second-order valence-corrected chi connectivity index (χ2v) is 3.08. The third-order valence-corrected chi connectivity index (χ3v) is 1.76. The number of nitrogens with one attached hydrogen (secondary N) is 1. The van der Waals surface area contributed by atoms with Gasteiger partial charge in [-0.05, 0) is 26.0 Å². The average Bonchev–Trinajstić information content (AvgIpc) is 2.17. The number of carbonyl (C=O) groups is 1. The van der Waals surface area contributed by atoms with Crippen LogP contribution in [-0.2, 0) is 4.79 Å². The van der Waals surface area contributed by atoms with E-state index in [2.05, 4.69) is 10.3 Å². The topological polar surface area (TPSA) is 77.2 Å². The van der Waals surface area contributed by atoms with Crippen molar-refractivity contribution in [2.45, 2.75) is 13.8 Å². The van der Waals surface area contributed by atoms with Crippen LogP contribution >= 0.6 is 0 Å². The van der Waals surface area contributed by atoms with E-state index in [0.29, 0.717) is 18.1 Å². The molecule has 0 fully saturated rings. The summed E-state index contributed by atoms with van der Waals surface area (Å²) in [6, 6.07) is 3.49. The Morgan fingerprint density at radius 3 is 2.93 bits per heavy atom. The Bertz CT molecular complexity index is 353. The number of anilines is 1. The van der Waals surface area contributed by atoms with Gasteiger partial charge in [0.05, 0.1) is 0 Å². The highest BCUT2D eigenvalue weighted by atomic mass is 16.5. The molecule has 5 heteroatoms. The number of aryl methyl sites for hydroxylation is 1. The third-order valence-electron chi connectivity index (χ3n) is 1.76. The summed E-state index contributed by atoms with van der Waals surface area (Å²) in [7, 11) is 0. The second-order valence-electron chi connectivity index (χ2n) is 3.08. The van der Waals surface area contributed by atoms with Crippen LogP contribution in [0.25, 0.3) is 0 Å². The molecule has 1 amide bonds. The van der Waals surface area contributed by atoms with E-state index < -0.39 is 0 Å². The first kappa shape index (κ1) is 11.3. The van der Waals surface area contributed by atoms with Crippen LogP contribution in [0.15, 0.2) is 12.1 Å². The van der Waals surface area contributed by atoms with Crippen LogP contribution < -0.4 is 15.8 Å². The zero-order valence-electron chi connectivity index (χ0n) is 8.91. The number of amides is 1. The van der Waals surface area contributed by atoms with Crippen molar-refractivity contribution in [3.05, 3.63) is 17.8 Å². The maximum Gasteiger partial charge on any atom is 0.257 e. The number of rotatable bonds is 4. The second kappa shape index (κ2) is 5.19. The first-order valence-corrected chi connectivity index (χ1v) is 4.76. The minimum absolute atomic E-state index is 0.0389. The molecule has 15 heavy (non-hydrogen) atoms. The average molecular weight is 209 g/mol. The van der Waals surface area contributed by atoms with Crippen molar-refractivity contribution in [2.75, 3.05) is 18.9 Å². The predicted octanol–water partition coefficient (Wildman–Crippen LogP) is 0.487. The number of pyridine rings is 1. The molecule has 1 aromatic rings. The first-order chi connectivity index (χ1) is 7.13. The molecule has 82 valence electrons. The Balaban J connectivity index is 2.54. The smallest absolute Gasteiger partial charge is 0.257 e. The molecule has 1 rings (SSSR count). The molecule has 5 nitrogen and oxygen atoms in total. The fraction of sp³-hybridized carbons (Fsp3) is 0.400. The molecule has 0 aromatic carbocycles. The summed E-state index contributed by atoms with van der Waals surface area (Å²) in [4.78, 5) is 15.1. The first-order valence-electron chi connectivity index (χ1n) is 4.76. The molecule has 0 saturated carbocycles. The van der Waals surface area contributed by atoms with Gasteiger partial charge in [0.25, 0.3) is 5.91 Å². The van der Waals surface area contributed by atoms with Crippen molar-refractivity contribution in [1.82, 2.24) is 10.3 Å². The fourth-order valence-corrected chi connectivity index (χ4v) is 1.08. The van der Waals surface area contributed by atoms with Gasteiger partial charge in [-0.1, -0.05) is 0 Å². The minimum atomic E-state index is -0.169. The third kappa shape index (κ3) is 3.46. The number of nitrogen functional groups attached to an aromatic ring is 1. The van der Waals surface area contributed by atoms with Gasteiger partial charge in [0.2, 0.25) is 0 Å². The number of aromatic nitrogens is 1. The van der Waals surface area contributed by atoms with E-state index in [9.17, 15) is 4.79 Å². The van der Waals surface area contributed by atoms with E-state index in [1.807, 2.05) is 13.8 Å². The van der Waals surface area contributed by atoms with E-state index in [4.69, 9.17) is 10.5 Å². The van der Waals surface area contributed by atoms with Crippen molar-refractivity contribution >= 4 is 11.7 Å². The Kier molecular flexibility index (Phi) is 3.91. The van der Waals surface area contributed by atoms with Crippen LogP contribution in [0.1, 0.15) is 12.6 Å². The summed E-state index contributed by atoms with van der Waals surface area (Å²) >= 11 is 0. The van der Waals surface area contributed by atoms with Gasteiger partial charge in [0, 0.05) is 12.2 Å². The molecule has 1 aromatic heterocycles. The molecule has 0 aliphatic rings. The zero-order valence-corrected chi connectivity index (χ0v) is 8.91. The fourth-order valence-electron chi connectivity index (χ4n) is 1.08. The van der Waals surface area contributed by atoms with Crippen LogP contribution in [0, 0.1) is 6.92 Å². The number of hydrogen-bond acceptors (Lipinski definition) is 4. The molecule has 1 heterocycles. The number of nitrogens with zero attached hydrogens (tertiary/aromatic N) is 1. The van der Waals surface area contributed by atoms with E-state index in [1.54, 1.807) is 12.1 Å². The van der Waals surface area contributed by atoms with Crippen LogP contribution in [0.5, 0.6) is 5.75 Å². The van der Waals surface area contributed by atoms with Gasteiger partial charge >= 0.3 is 0 Å². The number of likely N-dealkylation sites (N-methyl/N-ethyl adjacent to an activating group) is 1. The molecule has 0 radical (unpaired) electrons. The van der Waals surface area contributed by atoms with Gasteiger partial charge in [-0.25, -0.2) is 4.98 Å². The molecule has 0 aliphatic heterocycles. The quantitative estimate of drug-likeness (QED) is 0.756. The summed E-state index contributed by atoms with van der Waals surface area (Å²) in [6.07, 6.45) is 0. The Morgan fingerprint density at radius 2 is 2.33 bits per heavy atom. The Labute approximate surface area is 88.6 Å². The highest BCUT2D eigenvalue weighted by Crippen LogP contribution is 2.18. The number of carbonyl (C=O) groups excluding carboxylic acids is 1. The maximum atomic E-state index is 11.1. The maximum absolute atomic E-state index is 11.1. The molecule has 0 aliphatic carbocycles. The SMILES string of the molecule is CCNC(=O)COc1ccc(C)nc1N. The van der Waals surface area contributed by atoms with Gasteiger partial charge in [-0.15, -0.1) is 0 Å². The van der Waals surface area contributed by atoms with E-state index in [0.717, 1.165) is 5.69 Å². The van der Waals surface area contributed by atoms with Crippen molar-refractivity contribution < 1.29 is 9.53 Å². The van der Waals surface area contributed by atoms with Crippen LogP contribution in [0.4, 0.5) is 5.82 Å². The predicted molar refractivity (Wildman–Crippen MR) is 57.6 cm³/mol. The lowest BCUT2D eigenvalue weighted by Crippen LogP contribution is -2.28. The number of ether oxygens (including phenoxy) is 1. The normalized spacial score (nSPS) is 9.73. The molecule has 0 bridgehead atoms. The monoisotopic (exact) mass is 209 g/mol. The summed E-state index contributed by atoms with van der Waals surface area (Å²) in [5, 5.41) is 2.62. The molecular weight excluding hydrogens is 194 g/mol. The van der Waals surface area contributed by atoms with Gasteiger partial charge < -0.3 is 15.8 Å². The highest BCUT2D eigenvalue weighted by molar-refractivity contribution is 5.77. The molecular formula is C10H15N3O2. The van der Waals surface area contributed by atoms with Crippen molar-refractivity contribution in [3.8, 4) is 5.75 Å². The number of nitrogens with two attached hydrogens (primary N) is 1. The molecule has 0 spiro atoms. The lowest BCUT2D eigenvalue weighted by molar-refractivity contribution is -0.122. The zero-order chi connectivity index (χ0) is 11.3. The van der Waals surface area contributed by atoms with Crippen LogP contribution in [0.2, 0.25) is 0 Å². The lowest BCUT2D eigenvalue weighted by Gasteiger charge is -2.08. The Hall–Kier alpha value is -1.78. The summed E-state index contributed by atoms with van der Waals surface area (Å²) < 4.78 is 5.21. The van der Waals surface area contributed by atoms with Gasteiger partial charge in [0.1, 0.15) is 0 Å². The van der Waals surface area contributed by atoms with Crippen LogP contribution in [-0.4, -0.2) is 24.0 Å². The molecule has 3 N–H and O–H groups in total. The van der Waals surface area contributed by atoms with Gasteiger partial charge in [-0.3, -0.25) is 4.79 Å². The number of hydrogen-bond donors (Lipinski definition) is 2. The van der Waals surface area contributed by atoms with E-state index in [1.165, 1.54) is 0 Å². The molecule has 0 unspecified atom stereocenters. The highest BCUT2D eigenvalue weighted by Gasteiger charge is 2.04. The lowest BCUT2D eigenvalue weighted by atomic mass is 10.3. The van der Waals surface area contributed by atoms with Crippen molar-refractivity contribution in [3.63, 3.8) is 0 Å². The van der Waals surface area contributed by atoms with Gasteiger partial charge in [-0.2, -0.15) is 0 Å². The summed E-state index contributed by atoms with van der Waals surface area (Å²) in [6.45, 7) is 4.23. The summed E-state index contributed by atoms with van der Waals surface area (Å²) in [5.41, 5.74) is 6.43.